The fraction of sp³-hybridized carbons (Fsp3) is 0.522. The third-order valence-electron chi connectivity index (χ3n) is 5.60. The van der Waals surface area contributed by atoms with Crippen molar-refractivity contribution in [3.8, 4) is 0 Å². The normalized spacial score (nSPS) is 18.5. The fourth-order valence-electron chi connectivity index (χ4n) is 3.91. The smallest absolute Gasteiger partial charge is 0.251 e. The minimum Gasteiger partial charge on any atom is -0.349 e. The van der Waals surface area contributed by atoms with Crippen LogP contribution < -0.4 is 16.0 Å². The van der Waals surface area contributed by atoms with Crippen molar-refractivity contribution in [1.29, 1.82) is 0 Å². The Morgan fingerprint density at radius 1 is 1.03 bits per heavy atom. The lowest BCUT2D eigenvalue weighted by Gasteiger charge is -2.23. The Kier molecular flexibility index (Phi) is 8.58. The van der Waals surface area contributed by atoms with Crippen molar-refractivity contribution in [2.24, 2.45) is 0 Å². The van der Waals surface area contributed by atoms with E-state index in [4.69, 9.17) is 0 Å². The van der Waals surface area contributed by atoms with Crippen LogP contribution in [0.1, 0.15) is 67.5 Å². The summed E-state index contributed by atoms with van der Waals surface area (Å²) in [6.45, 7) is 4.17. The first kappa shape index (κ1) is 21.4. The quantitative estimate of drug-likeness (QED) is 0.724. The van der Waals surface area contributed by atoms with Gasteiger partial charge in [0.15, 0.2) is 0 Å². The molecule has 0 radical (unpaired) electrons. The molecule has 2 fully saturated rings. The molecule has 156 valence electrons. The number of rotatable bonds is 5. The molecular formula is C23H33N5O. The maximum atomic E-state index is 11.8. The minimum absolute atomic E-state index is 0.0440. The number of carbonyl (C=O) groups excluding carboxylic acids is 1. The van der Waals surface area contributed by atoms with Crippen molar-refractivity contribution >= 4 is 5.91 Å². The van der Waals surface area contributed by atoms with Gasteiger partial charge in [0, 0.05) is 29.9 Å². The van der Waals surface area contributed by atoms with Crippen LogP contribution in [0.3, 0.4) is 0 Å². The van der Waals surface area contributed by atoms with Crippen molar-refractivity contribution < 1.29 is 4.79 Å². The van der Waals surface area contributed by atoms with E-state index in [0.717, 1.165) is 37.2 Å². The van der Waals surface area contributed by atoms with Gasteiger partial charge in [0.05, 0.1) is 5.69 Å². The number of benzene rings is 1. The first-order chi connectivity index (χ1) is 14.2. The standard InChI is InChI=1S/C12H16N2O.C11H17N3/c15-12(10-4-2-1-3-5-10)14-11-6-8-13-9-7-11;1-9(11-6-7-12-8-13-11)14-10-4-2-3-5-10/h1-5,11,13H,6-9H2,(H,14,15);6-10,14H,2-5H2,1H3. The van der Waals surface area contributed by atoms with Gasteiger partial charge < -0.3 is 16.0 Å². The number of nitrogens with one attached hydrogen (secondary N) is 3. The van der Waals surface area contributed by atoms with E-state index >= 15 is 0 Å². The highest BCUT2D eigenvalue weighted by atomic mass is 16.1. The van der Waals surface area contributed by atoms with Gasteiger partial charge in [-0.05, 0) is 63.9 Å². The molecule has 1 unspecified atom stereocenters. The van der Waals surface area contributed by atoms with Gasteiger partial charge in [0.2, 0.25) is 0 Å². The average molecular weight is 396 g/mol. The molecule has 1 saturated carbocycles. The summed E-state index contributed by atoms with van der Waals surface area (Å²) in [5, 5.41) is 9.94. The molecule has 2 aromatic rings. The summed E-state index contributed by atoms with van der Waals surface area (Å²) in [6.07, 6.45) is 10.8. The number of amides is 1. The molecule has 0 spiro atoms. The summed E-state index contributed by atoms with van der Waals surface area (Å²) >= 11 is 0. The van der Waals surface area contributed by atoms with Crippen LogP contribution in [0.4, 0.5) is 0 Å². The van der Waals surface area contributed by atoms with Gasteiger partial charge in [-0.15, -0.1) is 0 Å². The molecule has 1 aliphatic carbocycles. The molecule has 2 aliphatic rings. The van der Waals surface area contributed by atoms with Crippen LogP contribution in [-0.4, -0.2) is 41.0 Å². The lowest BCUT2D eigenvalue weighted by molar-refractivity contribution is 0.0929. The molecule has 1 amide bonds. The molecule has 1 saturated heterocycles. The third-order valence-corrected chi connectivity index (χ3v) is 5.60. The highest BCUT2D eigenvalue weighted by Gasteiger charge is 2.18. The van der Waals surface area contributed by atoms with E-state index in [-0.39, 0.29) is 5.91 Å². The fourth-order valence-corrected chi connectivity index (χ4v) is 3.91. The second-order valence-electron chi connectivity index (χ2n) is 7.87. The zero-order valence-electron chi connectivity index (χ0n) is 17.3. The molecular weight excluding hydrogens is 362 g/mol. The van der Waals surface area contributed by atoms with E-state index in [1.54, 1.807) is 12.5 Å². The lowest BCUT2D eigenvalue weighted by Crippen LogP contribution is -2.42. The van der Waals surface area contributed by atoms with E-state index < -0.39 is 0 Å². The van der Waals surface area contributed by atoms with Crippen molar-refractivity contribution in [3.63, 3.8) is 0 Å². The maximum Gasteiger partial charge on any atom is 0.251 e. The van der Waals surface area contributed by atoms with Crippen molar-refractivity contribution in [2.75, 3.05) is 13.1 Å². The zero-order valence-corrected chi connectivity index (χ0v) is 17.3. The summed E-state index contributed by atoms with van der Waals surface area (Å²) in [5.74, 6) is 0.0440. The summed E-state index contributed by atoms with van der Waals surface area (Å²) in [5.41, 5.74) is 1.84. The summed E-state index contributed by atoms with van der Waals surface area (Å²) in [7, 11) is 0. The molecule has 3 N–H and O–H groups in total. The number of nitrogens with zero attached hydrogens (tertiary/aromatic N) is 2. The van der Waals surface area contributed by atoms with Crippen LogP contribution in [0.5, 0.6) is 0 Å². The van der Waals surface area contributed by atoms with Crippen LogP contribution in [0.15, 0.2) is 48.9 Å². The average Bonchev–Trinajstić information content (AvgIpc) is 3.29. The lowest BCUT2D eigenvalue weighted by atomic mass is 10.1. The van der Waals surface area contributed by atoms with Gasteiger partial charge in [-0.25, -0.2) is 9.97 Å². The molecule has 1 aromatic carbocycles. The number of aromatic nitrogens is 2. The molecule has 1 atom stereocenters. The van der Waals surface area contributed by atoms with Crippen LogP contribution in [0, 0.1) is 0 Å². The second kappa shape index (κ2) is 11.6. The van der Waals surface area contributed by atoms with Gasteiger partial charge in [-0.3, -0.25) is 4.79 Å². The Bertz CT molecular complexity index is 713. The molecule has 2 heterocycles. The van der Waals surface area contributed by atoms with Crippen LogP contribution in [0.2, 0.25) is 0 Å². The van der Waals surface area contributed by atoms with E-state index in [1.807, 2.05) is 36.4 Å². The highest BCUT2D eigenvalue weighted by molar-refractivity contribution is 5.94. The SMILES string of the molecule is CC(NC1CCCC1)c1ccncn1.O=C(NC1CCNCC1)c1ccccc1. The van der Waals surface area contributed by atoms with Crippen LogP contribution in [-0.2, 0) is 0 Å². The van der Waals surface area contributed by atoms with E-state index in [2.05, 4.69) is 32.8 Å². The molecule has 4 rings (SSSR count). The van der Waals surface area contributed by atoms with Gasteiger partial charge in [0.25, 0.3) is 5.91 Å². The van der Waals surface area contributed by atoms with Crippen molar-refractivity contribution in [3.05, 3.63) is 60.2 Å². The summed E-state index contributed by atoms with van der Waals surface area (Å²) in [4.78, 5) is 19.9. The first-order valence-corrected chi connectivity index (χ1v) is 10.8. The minimum atomic E-state index is 0.0440. The predicted molar refractivity (Wildman–Crippen MR) is 116 cm³/mol. The van der Waals surface area contributed by atoms with Crippen LogP contribution in [0.25, 0.3) is 0 Å². The molecule has 6 heteroatoms. The molecule has 1 aromatic heterocycles. The molecule has 6 nitrogen and oxygen atoms in total. The first-order valence-electron chi connectivity index (χ1n) is 10.8. The third kappa shape index (κ3) is 7.22. The molecule has 1 aliphatic heterocycles. The summed E-state index contributed by atoms with van der Waals surface area (Å²) < 4.78 is 0. The van der Waals surface area contributed by atoms with E-state index in [0.29, 0.717) is 18.1 Å². The van der Waals surface area contributed by atoms with E-state index in [1.165, 1.54) is 25.7 Å². The Labute approximate surface area is 173 Å². The number of hydrogen-bond acceptors (Lipinski definition) is 5. The number of hydrogen-bond donors (Lipinski definition) is 3. The monoisotopic (exact) mass is 395 g/mol. The van der Waals surface area contributed by atoms with Crippen molar-refractivity contribution in [2.45, 2.75) is 63.6 Å². The van der Waals surface area contributed by atoms with Gasteiger partial charge in [-0.2, -0.15) is 0 Å². The van der Waals surface area contributed by atoms with Crippen LogP contribution >= 0.6 is 0 Å². The molecule has 29 heavy (non-hydrogen) atoms. The van der Waals surface area contributed by atoms with Gasteiger partial charge >= 0.3 is 0 Å². The largest absolute Gasteiger partial charge is 0.349 e. The molecule has 0 bridgehead atoms. The summed E-state index contributed by atoms with van der Waals surface area (Å²) in [6, 6.07) is 12.7. The Balaban J connectivity index is 0.000000166. The van der Waals surface area contributed by atoms with E-state index in [9.17, 15) is 4.79 Å². The Hall–Kier alpha value is -2.31. The second-order valence-corrected chi connectivity index (χ2v) is 7.87. The van der Waals surface area contributed by atoms with Gasteiger partial charge in [-0.1, -0.05) is 31.0 Å². The van der Waals surface area contributed by atoms with Gasteiger partial charge in [0.1, 0.15) is 6.33 Å². The number of carbonyl (C=O) groups is 1. The topological polar surface area (TPSA) is 78.9 Å². The number of piperidine rings is 1. The predicted octanol–water partition coefficient (Wildman–Crippen LogP) is 3.24. The zero-order chi connectivity index (χ0) is 20.3. The van der Waals surface area contributed by atoms with Crippen molar-refractivity contribution in [1.82, 2.24) is 25.9 Å². The maximum absolute atomic E-state index is 11.8. The Morgan fingerprint density at radius 3 is 2.41 bits per heavy atom. The highest BCUT2D eigenvalue weighted by Crippen LogP contribution is 2.20. The Morgan fingerprint density at radius 2 is 1.76 bits per heavy atom.